The van der Waals surface area contributed by atoms with Crippen molar-refractivity contribution in [3.63, 3.8) is 0 Å². The van der Waals surface area contributed by atoms with Crippen molar-refractivity contribution < 1.29 is 14.6 Å². The van der Waals surface area contributed by atoms with Gasteiger partial charge in [-0.2, -0.15) is 0 Å². The summed E-state index contributed by atoms with van der Waals surface area (Å²) in [6.07, 6.45) is 1.27. The SMILES string of the molecule is CC(C)COCCCNC(=O)c1csc(C#CCCO)c1. The Hall–Kier alpha value is -1.35. The number of amides is 1. The summed E-state index contributed by atoms with van der Waals surface area (Å²) in [5.74, 6) is 6.22. The summed E-state index contributed by atoms with van der Waals surface area (Å²) in [4.78, 5) is 12.7. The van der Waals surface area contributed by atoms with Crippen LogP contribution in [0.15, 0.2) is 11.4 Å². The lowest BCUT2D eigenvalue weighted by Crippen LogP contribution is -2.25. The van der Waals surface area contributed by atoms with E-state index < -0.39 is 0 Å². The monoisotopic (exact) mass is 309 g/mol. The third-order valence-electron chi connectivity index (χ3n) is 2.51. The minimum Gasteiger partial charge on any atom is -0.395 e. The van der Waals surface area contributed by atoms with Crippen molar-refractivity contribution in [2.75, 3.05) is 26.4 Å². The average Bonchev–Trinajstić information content (AvgIpc) is 2.91. The molecule has 0 unspecified atom stereocenters. The van der Waals surface area contributed by atoms with E-state index in [0.717, 1.165) is 17.9 Å². The molecule has 0 saturated carbocycles. The van der Waals surface area contributed by atoms with Crippen molar-refractivity contribution >= 4 is 17.2 Å². The maximum absolute atomic E-state index is 11.9. The van der Waals surface area contributed by atoms with Gasteiger partial charge < -0.3 is 15.2 Å². The lowest BCUT2D eigenvalue weighted by molar-refractivity contribution is 0.0925. The Morgan fingerprint density at radius 2 is 2.33 bits per heavy atom. The zero-order valence-electron chi connectivity index (χ0n) is 12.6. The van der Waals surface area contributed by atoms with Crippen LogP contribution in [0.1, 0.15) is 41.9 Å². The molecule has 1 aromatic rings. The van der Waals surface area contributed by atoms with Gasteiger partial charge in [-0.1, -0.05) is 25.7 Å². The number of nitrogens with one attached hydrogen (secondary N) is 1. The largest absolute Gasteiger partial charge is 0.395 e. The molecule has 1 heterocycles. The normalized spacial score (nSPS) is 10.3. The van der Waals surface area contributed by atoms with Crippen LogP contribution in [0.4, 0.5) is 0 Å². The van der Waals surface area contributed by atoms with E-state index in [1.807, 2.05) is 0 Å². The number of thiophene rings is 1. The molecule has 0 aromatic carbocycles. The predicted molar refractivity (Wildman–Crippen MR) is 85.5 cm³/mol. The van der Waals surface area contributed by atoms with E-state index in [4.69, 9.17) is 9.84 Å². The third kappa shape index (κ3) is 7.86. The fourth-order valence-electron chi connectivity index (χ4n) is 1.52. The summed E-state index contributed by atoms with van der Waals surface area (Å²) < 4.78 is 5.45. The molecule has 0 atom stereocenters. The quantitative estimate of drug-likeness (QED) is 0.572. The van der Waals surface area contributed by atoms with Gasteiger partial charge in [-0.25, -0.2) is 0 Å². The minimum atomic E-state index is -0.0784. The van der Waals surface area contributed by atoms with Gasteiger partial charge in [0.05, 0.1) is 17.0 Å². The predicted octanol–water partition coefficient (Wildman–Crippen LogP) is 2.27. The fraction of sp³-hybridized carbons (Fsp3) is 0.562. The first-order valence-electron chi connectivity index (χ1n) is 7.17. The number of aliphatic hydroxyl groups excluding tert-OH is 1. The summed E-state index contributed by atoms with van der Waals surface area (Å²) >= 11 is 1.44. The molecule has 0 radical (unpaired) electrons. The summed E-state index contributed by atoms with van der Waals surface area (Å²) in [6.45, 7) is 6.32. The molecular formula is C16H23NO3S. The third-order valence-corrected chi connectivity index (χ3v) is 3.36. The maximum Gasteiger partial charge on any atom is 0.252 e. The molecule has 1 rings (SSSR count). The minimum absolute atomic E-state index is 0.0601. The van der Waals surface area contributed by atoms with Gasteiger partial charge in [0.2, 0.25) is 0 Å². The van der Waals surface area contributed by atoms with E-state index in [9.17, 15) is 4.79 Å². The van der Waals surface area contributed by atoms with E-state index in [2.05, 4.69) is 31.0 Å². The van der Waals surface area contributed by atoms with Gasteiger partial charge in [0, 0.05) is 31.6 Å². The van der Waals surface area contributed by atoms with E-state index in [1.54, 1.807) is 11.4 Å². The number of aliphatic hydroxyl groups is 1. The van der Waals surface area contributed by atoms with Gasteiger partial charge in [0.25, 0.3) is 5.91 Å². The van der Waals surface area contributed by atoms with Crippen LogP contribution < -0.4 is 5.32 Å². The fourth-order valence-corrected chi connectivity index (χ4v) is 2.28. The van der Waals surface area contributed by atoms with E-state index >= 15 is 0 Å². The zero-order chi connectivity index (χ0) is 15.5. The standard InChI is InChI=1S/C16H23NO3S/c1-13(2)11-20-9-5-7-17-16(19)14-10-15(21-12-14)6-3-4-8-18/h10,12-13,18H,4-5,7-9,11H2,1-2H3,(H,17,19). The number of hydrogen-bond donors (Lipinski definition) is 2. The topological polar surface area (TPSA) is 58.6 Å². The van der Waals surface area contributed by atoms with E-state index in [-0.39, 0.29) is 12.5 Å². The van der Waals surface area contributed by atoms with Gasteiger partial charge in [-0.15, -0.1) is 11.3 Å². The molecule has 2 N–H and O–H groups in total. The highest BCUT2D eigenvalue weighted by atomic mass is 32.1. The molecule has 0 bridgehead atoms. The number of carbonyl (C=O) groups excluding carboxylic acids is 1. The molecule has 5 heteroatoms. The first-order chi connectivity index (χ1) is 10.1. The van der Waals surface area contributed by atoms with Crippen molar-refractivity contribution in [2.45, 2.75) is 26.7 Å². The lowest BCUT2D eigenvalue weighted by atomic mass is 10.2. The molecule has 4 nitrogen and oxygen atoms in total. The summed E-state index contributed by atoms with van der Waals surface area (Å²) in [6, 6.07) is 1.78. The van der Waals surface area contributed by atoms with E-state index in [1.165, 1.54) is 11.3 Å². The van der Waals surface area contributed by atoms with Crippen molar-refractivity contribution in [3.05, 3.63) is 21.9 Å². The highest BCUT2D eigenvalue weighted by Crippen LogP contribution is 2.13. The molecule has 0 saturated heterocycles. The van der Waals surface area contributed by atoms with Crippen LogP contribution >= 0.6 is 11.3 Å². The van der Waals surface area contributed by atoms with E-state index in [0.29, 0.717) is 31.1 Å². The van der Waals surface area contributed by atoms with Crippen LogP contribution in [0.3, 0.4) is 0 Å². The lowest BCUT2D eigenvalue weighted by Gasteiger charge is -2.07. The molecule has 0 aliphatic carbocycles. The molecule has 21 heavy (non-hydrogen) atoms. The van der Waals surface area contributed by atoms with Crippen molar-refractivity contribution in [1.29, 1.82) is 0 Å². The smallest absolute Gasteiger partial charge is 0.252 e. The van der Waals surface area contributed by atoms with Gasteiger partial charge in [0.15, 0.2) is 0 Å². The molecule has 1 aromatic heterocycles. The Morgan fingerprint density at radius 3 is 3.05 bits per heavy atom. The molecule has 0 aliphatic heterocycles. The second-order valence-corrected chi connectivity index (χ2v) is 5.96. The van der Waals surface area contributed by atoms with Crippen LogP contribution in [0, 0.1) is 17.8 Å². The summed E-state index contributed by atoms with van der Waals surface area (Å²) in [5, 5.41) is 13.3. The van der Waals surface area contributed by atoms with Crippen molar-refractivity contribution in [1.82, 2.24) is 5.32 Å². The number of hydrogen-bond acceptors (Lipinski definition) is 4. The molecule has 1 amide bonds. The Balaban J connectivity index is 2.25. The van der Waals surface area contributed by atoms with Gasteiger partial charge in [-0.3, -0.25) is 4.79 Å². The van der Waals surface area contributed by atoms with Crippen molar-refractivity contribution in [2.24, 2.45) is 5.92 Å². The average molecular weight is 309 g/mol. The second kappa shape index (κ2) is 10.4. The van der Waals surface area contributed by atoms with Gasteiger partial charge in [-0.05, 0) is 18.4 Å². The Morgan fingerprint density at radius 1 is 1.52 bits per heavy atom. The van der Waals surface area contributed by atoms with Crippen molar-refractivity contribution in [3.8, 4) is 11.8 Å². The van der Waals surface area contributed by atoms with Crippen LogP contribution in [0.5, 0.6) is 0 Å². The Kier molecular flexibility index (Phi) is 8.76. The number of rotatable bonds is 8. The zero-order valence-corrected chi connectivity index (χ0v) is 13.5. The van der Waals surface area contributed by atoms with Crippen LogP contribution in [0.2, 0.25) is 0 Å². The van der Waals surface area contributed by atoms with Crippen LogP contribution in [-0.4, -0.2) is 37.4 Å². The molecule has 0 fully saturated rings. The maximum atomic E-state index is 11.9. The first-order valence-corrected chi connectivity index (χ1v) is 8.05. The molecule has 116 valence electrons. The number of ether oxygens (including phenoxy) is 1. The van der Waals surface area contributed by atoms with Crippen LogP contribution in [0.25, 0.3) is 0 Å². The van der Waals surface area contributed by atoms with Gasteiger partial charge in [0.1, 0.15) is 0 Å². The van der Waals surface area contributed by atoms with Crippen LogP contribution in [-0.2, 0) is 4.74 Å². The number of carbonyl (C=O) groups is 1. The molecule has 0 aliphatic rings. The Labute approximate surface area is 130 Å². The highest BCUT2D eigenvalue weighted by molar-refractivity contribution is 7.10. The Bertz CT molecular complexity index is 485. The second-order valence-electron chi connectivity index (χ2n) is 5.05. The molecular weight excluding hydrogens is 286 g/mol. The van der Waals surface area contributed by atoms with Gasteiger partial charge >= 0.3 is 0 Å². The first kappa shape index (κ1) is 17.7. The summed E-state index contributed by atoms with van der Waals surface area (Å²) in [5.41, 5.74) is 0.636. The highest BCUT2D eigenvalue weighted by Gasteiger charge is 2.07. The summed E-state index contributed by atoms with van der Waals surface area (Å²) in [7, 11) is 0. The molecule has 0 spiro atoms.